The summed E-state index contributed by atoms with van der Waals surface area (Å²) in [6.07, 6.45) is -1.57. The van der Waals surface area contributed by atoms with Gasteiger partial charge in [-0.2, -0.15) is 13.2 Å². The molecular formula is C35H24F3N3O2S2. The number of benzene rings is 4. The van der Waals surface area contributed by atoms with Crippen LogP contribution in [0.3, 0.4) is 0 Å². The molecule has 1 aliphatic heterocycles. The molecule has 0 atom stereocenters. The molecule has 10 heteroatoms. The van der Waals surface area contributed by atoms with Crippen molar-refractivity contribution in [2.45, 2.75) is 12.7 Å². The fourth-order valence-corrected chi connectivity index (χ4v) is 6.28. The summed E-state index contributed by atoms with van der Waals surface area (Å²) < 4.78 is 42.3. The first kappa shape index (κ1) is 30.2. The molecule has 6 rings (SSSR count). The van der Waals surface area contributed by atoms with Crippen LogP contribution in [0, 0.1) is 0 Å². The van der Waals surface area contributed by atoms with E-state index in [0.29, 0.717) is 32.5 Å². The topological polar surface area (TPSA) is 62.3 Å². The Kier molecular flexibility index (Phi) is 8.26. The highest BCUT2D eigenvalue weighted by Crippen LogP contribution is 2.39. The van der Waals surface area contributed by atoms with Crippen molar-refractivity contribution in [3.8, 4) is 11.1 Å². The van der Waals surface area contributed by atoms with Gasteiger partial charge in [-0.15, -0.1) is 0 Å². The molecule has 2 heterocycles. The van der Waals surface area contributed by atoms with E-state index in [1.807, 2.05) is 36.4 Å². The smallest absolute Gasteiger partial charge is 0.381 e. The van der Waals surface area contributed by atoms with Crippen LogP contribution in [-0.2, 0) is 17.5 Å². The molecule has 1 fully saturated rings. The SMILES string of the molecule is CN1C(=O)C(=Cc2ccc(CNc3cccc(-c4c(C(=O)c5ccccc5)cnc5c(C(F)(F)F)cccc45)c3)cc2)SC1=S. The monoisotopic (exact) mass is 639 g/mol. The zero-order valence-electron chi connectivity index (χ0n) is 23.8. The largest absolute Gasteiger partial charge is 0.418 e. The van der Waals surface area contributed by atoms with Crippen molar-refractivity contribution < 1.29 is 22.8 Å². The second-order valence-electron chi connectivity index (χ2n) is 10.4. The van der Waals surface area contributed by atoms with Crippen molar-refractivity contribution in [3.63, 3.8) is 0 Å². The third-order valence-electron chi connectivity index (χ3n) is 7.40. The Labute approximate surface area is 266 Å². The molecule has 5 nitrogen and oxygen atoms in total. The fraction of sp³-hybridized carbons (Fsp3) is 0.0857. The standard InChI is InChI=1S/C35H24F3N3O2S2/c1-41-33(43)29(45-34(41)44)17-21-13-15-22(16-14-21)19-39-25-10-5-9-24(18-25)30-26-11-6-12-28(35(36,37)38)31(26)40-20-27(30)32(42)23-7-3-2-4-8-23/h2-18,20,39H,19H2,1H3. The summed E-state index contributed by atoms with van der Waals surface area (Å²) in [5.74, 6) is -0.460. The third-order valence-corrected chi connectivity index (χ3v) is 8.88. The Balaban J connectivity index is 1.32. The summed E-state index contributed by atoms with van der Waals surface area (Å²) in [5.41, 5.74) is 3.06. The van der Waals surface area contributed by atoms with E-state index in [2.05, 4.69) is 10.3 Å². The Morgan fingerprint density at radius 1 is 0.978 bits per heavy atom. The van der Waals surface area contributed by atoms with Gasteiger partial charge < -0.3 is 5.32 Å². The van der Waals surface area contributed by atoms with Crippen LogP contribution in [0.25, 0.3) is 28.1 Å². The van der Waals surface area contributed by atoms with Gasteiger partial charge in [0.2, 0.25) is 0 Å². The molecule has 0 saturated carbocycles. The van der Waals surface area contributed by atoms with E-state index in [0.717, 1.165) is 22.9 Å². The van der Waals surface area contributed by atoms with Crippen molar-refractivity contribution in [2.24, 2.45) is 0 Å². The number of carbonyl (C=O) groups excluding carboxylic acids is 2. The molecule has 0 radical (unpaired) electrons. The van der Waals surface area contributed by atoms with Gasteiger partial charge in [0.15, 0.2) is 5.78 Å². The van der Waals surface area contributed by atoms with Crippen molar-refractivity contribution >= 4 is 62.7 Å². The number of halogens is 3. The van der Waals surface area contributed by atoms with Gasteiger partial charge in [-0.05, 0) is 41.0 Å². The summed E-state index contributed by atoms with van der Waals surface area (Å²) in [4.78, 5) is 32.1. The van der Waals surface area contributed by atoms with Crippen LogP contribution < -0.4 is 5.32 Å². The minimum atomic E-state index is -4.61. The summed E-state index contributed by atoms with van der Waals surface area (Å²) in [6, 6.07) is 27.4. The summed E-state index contributed by atoms with van der Waals surface area (Å²) >= 11 is 6.46. The van der Waals surface area contributed by atoms with E-state index in [-0.39, 0.29) is 28.2 Å². The normalized spacial score (nSPS) is 14.4. The number of nitrogens with one attached hydrogen (secondary N) is 1. The van der Waals surface area contributed by atoms with Crippen LogP contribution in [0.1, 0.15) is 32.6 Å². The molecule has 1 saturated heterocycles. The molecule has 45 heavy (non-hydrogen) atoms. The number of ketones is 1. The molecule has 0 spiro atoms. The van der Waals surface area contributed by atoms with Gasteiger partial charge in [-0.25, -0.2) is 0 Å². The van der Waals surface area contributed by atoms with Crippen LogP contribution in [0.2, 0.25) is 0 Å². The molecule has 1 amide bonds. The first-order chi connectivity index (χ1) is 21.6. The summed E-state index contributed by atoms with van der Waals surface area (Å²) in [5, 5.41) is 3.60. The second kappa shape index (κ2) is 12.3. The number of pyridine rings is 1. The summed E-state index contributed by atoms with van der Waals surface area (Å²) in [6.45, 7) is 0.464. The first-order valence-electron chi connectivity index (χ1n) is 13.8. The van der Waals surface area contributed by atoms with E-state index < -0.39 is 11.7 Å². The van der Waals surface area contributed by atoms with Gasteiger partial charge in [-0.1, -0.05) is 103 Å². The average Bonchev–Trinajstić information content (AvgIpc) is 3.29. The number of alkyl halides is 3. The van der Waals surface area contributed by atoms with Gasteiger partial charge >= 0.3 is 6.18 Å². The number of thioether (sulfide) groups is 1. The number of aromatic nitrogens is 1. The molecule has 1 N–H and O–H groups in total. The van der Waals surface area contributed by atoms with E-state index in [1.165, 1.54) is 28.9 Å². The number of thiocarbonyl (C=S) groups is 1. The quantitative estimate of drug-likeness (QED) is 0.109. The molecular weight excluding hydrogens is 616 g/mol. The fourth-order valence-electron chi connectivity index (χ4n) is 5.10. The van der Waals surface area contributed by atoms with E-state index in [9.17, 15) is 22.8 Å². The number of likely N-dealkylation sites (N-methyl/N-ethyl adjacent to an activating group) is 1. The maximum Gasteiger partial charge on any atom is 0.418 e. The number of nitrogens with zero attached hydrogens (tertiary/aromatic N) is 2. The van der Waals surface area contributed by atoms with Crippen LogP contribution in [0.5, 0.6) is 0 Å². The highest BCUT2D eigenvalue weighted by molar-refractivity contribution is 8.26. The van der Waals surface area contributed by atoms with Crippen molar-refractivity contribution in [3.05, 3.63) is 136 Å². The van der Waals surface area contributed by atoms with Gasteiger partial charge in [0.05, 0.1) is 16.0 Å². The van der Waals surface area contributed by atoms with Gasteiger partial charge in [0, 0.05) is 47.6 Å². The van der Waals surface area contributed by atoms with E-state index in [4.69, 9.17) is 12.2 Å². The Bertz CT molecular complexity index is 1990. The Hall–Kier alpha value is -4.80. The maximum absolute atomic E-state index is 13.9. The number of carbonyl (C=O) groups is 2. The average molecular weight is 640 g/mol. The van der Waals surface area contributed by atoms with Crippen LogP contribution in [-0.4, -0.2) is 32.9 Å². The van der Waals surface area contributed by atoms with Gasteiger partial charge in [0.1, 0.15) is 4.32 Å². The van der Waals surface area contributed by atoms with Crippen molar-refractivity contribution in [1.82, 2.24) is 9.88 Å². The van der Waals surface area contributed by atoms with E-state index in [1.54, 1.807) is 61.7 Å². The Morgan fingerprint density at radius 3 is 2.40 bits per heavy atom. The first-order valence-corrected chi connectivity index (χ1v) is 15.1. The minimum Gasteiger partial charge on any atom is -0.381 e. The predicted molar refractivity (Wildman–Crippen MR) is 177 cm³/mol. The Morgan fingerprint density at radius 2 is 1.71 bits per heavy atom. The molecule has 0 bridgehead atoms. The third kappa shape index (κ3) is 6.25. The van der Waals surface area contributed by atoms with Crippen LogP contribution in [0.4, 0.5) is 18.9 Å². The number of hydrogen-bond donors (Lipinski definition) is 1. The number of amides is 1. The van der Waals surface area contributed by atoms with Crippen LogP contribution >= 0.6 is 24.0 Å². The molecule has 4 aromatic carbocycles. The molecule has 224 valence electrons. The van der Waals surface area contributed by atoms with Gasteiger partial charge in [-0.3, -0.25) is 19.5 Å². The lowest BCUT2D eigenvalue weighted by Gasteiger charge is -2.16. The molecule has 0 unspecified atom stereocenters. The van der Waals surface area contributed by atoms with Crippen LogP contribution in [0.15, 0.2) is 108 Å². The second-order valence-corrected chi connectivity index (χ2v) is 12.0. The molecule has 1 aliphatic rings. The molecule has 1 aromatic heterocycles. The maximum atomic E-state index is 13.9. The zero-order valence-corrected chi connectivity index (χ0v) is 25.4. The lowest BCUT2D eigenvalue weighted by Crippen LogP contribution is -2.22. The predicted octanol–water partition coefficient (Wildman–Crippen LogP) is 8.59. The number of para-hydroxylation sites is 1. The molecule has 5 aromatic rings. The highest BCUT2D eigenvalue weighted by Gasteiger charge is 2.34. The lowest BCUT2D eigenvalue weighted by molar-refractivity contribution is -0.136. The molecule has 0 aliphatic carbocycles. The van der Waals surface area contributed by atoms with Crippen molar-refractivity contribution in [1.29, 1.82) is 0 Å². The summed E-state index contributed by atoms with van der Waals surface area (Å²) in [7, 11) is 1.65. The number of hydrogen-bond acceptors (Lipinski definition) is 6. The van der Waals surface area contributed by atoms with E-state index >= 15 is 0 Å². The zero-order chi connectivity index (χ0) is 31.7. The number of fused-ring (bicyclic) bond motifs is 1. The van der Waals surface area contributed by atoms with Gasteiger partial charge in [0.25, 0.3) is 5.91 Å². The lowest BCUT2D eigenvalue weighted by atomic mass is 9.91. The number of anilines is 1. The number of rotatable bonds is 7. The van der Waals surface area contributed by atoms with Crippen molar-refractivity contribution in [2.75, 3.05) is 12.4 Å². The minimum absolute atomic E-state index is 0.124. The highest BCUT2D eigenvalue weighted by atomic mass is 32.2.